The Hall–Kier alpha value is -3.81. The third kappa shape index (κ3) is 3.29. The normalized spacial score (nSPS) is 10.8. The summed E-state index contributed by atoms with van der Waals surface area (Å²) < 4.78 is 27.4. The number of pyridine rings is 1. The number of rotatable bonds is 6. The number of para-hydroxylation sites is 1. The van der Waals surface area contributed by atoms with Crippen LogP contribution in [0.25, 0.3) is 33.9 Å². The molecule has 2 heterocycles. The highest BCUT2D eigenvalue weighted by Crippen LogP contribution is 2.41. The van der Waals surface area contributed by atoms with E-state index in [9.17, 15) is 0 Å². The van der Waals surface area contributed by atoms with Crippen molar-refractivity contribution in [3.05, 3.63) is 42.5 Å². The summed E-state index contributed by atoms with van der Waals surface area (Å²) in [6, 6.07) is 13.0. The van der Waals surface area contributed by atoms with Crippen LogP contribution in [-0.2, 0) is 0 Å². The van der Waals surface area contributed by atoms with Crippen molar-refractivity contribution in [2.24, 2.45) is 0 Å². The zero-order valence-electron chi connectivity index (χ0n) is 16.4. The molecular formula is C21H19N3O5. The highest BCUT2D eigenvalue weighted by molar-refractivity contribution is 5.86. The van der Waals surface area contributed by atoms with Gasteiger partial charge in [-0.1, -0.05) is 18.2 Å². The maximum Gasteiger partial charge on any atom is 0.266 e. The van der Waals surface area contributed by atoms with Crippen LogP contribution in [0.4, 0.5) is 0 Å². The van der Waals surface area contributed by atoms with Crippen LogP contribution in [0.5, 0.6) is 23.0 Å². The molecule has 29 heavy (non-hydrogen) atoms. The number of hydrogen-bond donors (Lipinski definition) is 0. The van der Waals surface area contributed by atoms with Crippen LogP contribution >= 0.6 is 0 Å². The fraction of sp³-hybridized carbons (Fsp3) is 0.190. The molecule has 0 bridgehead atoms. The van der Waals surface area contributed by atoms with Crippen LogP contribution in [0, 0.1) is 0 Å². The lowest BCUT2D eigenvalue weighted by Crippen LogP contribution is -1.95. The summed E-state index contributed by atoms with van der Waals surface area (Å²) in [6.07, 6.45) is 0. The minimum Gasteiger partial charge on any atom is -0.494 e. The van der Waals surface area contributed by atoms with Crippen molar-refractivity contribution in [2.45, 2.75) is 0 Å². The van der Waals surface area contributed by atoms with Gasteiger partial charge in [-0.3, -0.25) is 0 Å². The Morgan fingerprint density at radius 1 is 0.724 bits per heavy atom. The topological polar surface area (TPSA) is 88.7 Å². The van der Waals surface area contributed by atoms with E-state index in [0.717, 1.165) is 10.9 Å². The molecule has 0 aliphatic carbocycles. The summed E-state index contributed by atoms with van der Waals surface area (Å²) in [4.78, 5) is 4.63. The molecular weight excluding hydrogens is 374 g/mol. The fourth-order valence-electron chi connectivity index (χ4n) is 3.05. The molecule has 0 saturated heterocycles. The number of methoxy groups -OCH3 is 4. The lowest BCUT2D eigenvalue weighted by molar-refractivity contribution is 0.324. The Morgan fingerprint density at radius 2 is 1.41 bits per heavy atom. The molecule has 0 aliphatic heterocycles. The molecule has 0 amide bonds. The number of nitrogens with zero attached hydrogens (tertiary/aromatic N) is 3. The van der Waals surface area contributed by atoms with Gasteiger partial charge < -0.3 is 23.4 Å². The van der Waals surface area contributed by atoms with Crippen molar-refractivity contribution < 1.29 is 23.4 Å². The Morgan fingerprint density at radius 3 is 2.07 bits per heavy atom. The van der Waals surface area contributed by atoms with Gasteiger partial charge in [0.1, 0.15) is 17.0 Å². The molecule has 0 unspecified atom stereocenters. The van der Waals surface area contributed by atoms with E-state index in [0.29, 0.717) is 46.0 Å². The van der Waals surface area contributed by atoms with E-state index in [-0.39, 0.29) is 0 Å². The number of benzene rings is 2. The van der Waals surface area contributed by atoms with E-state index in [1.807, 2.05) is 30.3 Å². The van der Waals surface area contributed by atoms with E-state index >= 15 is 0 Å². The van der Waals surface area contributed by atoms with Gasteiger partial charge in [0.2, 0.25) is 11.6 Å². The van der Waals surface area contributed by atoms with Gasteiger partial charge in [0.25, 0.3) is 5.89 Å². The molecule has 148 valence electrons. The molecule has 2 aromatic heterocycles. The third-order valence-electron chi connectivity index (χ3n) is 4.46. The monoisotopic (exact) mass is 393 g/mol. The summed E-state index contributed by atoms with van der Waals surface area (Å²) in [6.45, 7) is 0. The Bertz CT molecular complexity index is 1150. The van der Waals surface area contributed by atoms with Crippen LogP contribution in [0.2, 0.25) is 0 Å². The summed E-state index contributed by atoms with van der Waals surface area (Å²) >= 11 is 0. The number of aromatic nitrogens is 3. The van der Waals surface area contributed by atoms with Gasteiger partial charge in [0, 0.05) is 10.9 Å². The summed E-state index contributed by atoms with van der Waals surface area (Å²) in [5, 5.41) is 9.25. The van der Waals surface area contributed by atoms with Gasteiger partial charge in [0.05, 0.1) is 28.4 Å². The summed E-state index contributed by atoms with van der Waals surface area (Å²) in [7, 11) is 6.25. The molecule has 0 fully saturated rings. The SMILES string of the molecule is COc1cc(-c2nnc(-c3ccc4cccc(OC)c4n3)o2)cc(OC)c1OC. The first-order valence-corrected chi connectivity index (χ1v) is 8.76. The Balaban J connectivity index is 1.77. The fourth-order valence-corrected chi connectivity index (χ4v) is 3.05. The van der Waals surface area contributed by atoms with Crippen LogP contribution in [0.1, 0.15) is 0 Å². The second-order valence-corrected chi connectivity index (χ2v) is 6.05. The van der Waals surface area contributed by atoms with Crippen molar-refractivity contribution in [2.75, 3.05) is 28.4 Å². The van der Waals surface area contributed by atoms with Crippen LogP contribution < -0.4 is 18.9 Å². The van der Waals surface area contributed by atoms with Crippen molar-refractivity contribution in [1.82, 2.24) is 15.2 Å². The average Bonchev–Trinajstić information content (AvgIpc) is 3.27. The molecule has 4 aromatic rings. The Kier molecular flexibility index (Phi) is 4.90. The highest BCUT2D eigenvalue weighted by atomic mass is 16.5. The first-order valence-electron chi connectivity index (χ1n) is 8.76. The second kappa shape index (κ2) is 7.67. The number of ether oxygens (including phenoxy) is 4. The van der Waals surface area contributed by atoms with E-state index in [4.69, 9.17) is 23.4 Å². The largest absolute Gasteiger partial charge is 0.494 e. The first-order chi connectivity index (χ1) is 14.2. The summed E-state index contributed by atoms with van der Waals surface area (Å²) in [5.41, 5.74) is 1.91. The van der Waals surface area contributed by atoms with Crippen LogP contribution in [0.15, 0.2) is 46.9 Å². The van der Waals surface area contributed by atoms with Gasteiger partial charge in [-0.15, -0.1) is 10.2 Å². The maximum atomic E-state index is 5.87. The van der Waals surface area contributed by atoms with Crippen LogP contribution in [-0.4, -0.2) is 43.6 Å². The van der Waals surface area contributed by atoms with E-state index < -0.39 is 0 Å². The standard InChI is InChI=1S/C21H19N3O5/c1-25-15-7-5-6-12-8-9-14(22-18(12)15)21-24-23-20(29-21)13-10-16(26-2)19(28-4)17(11-13)27-3/h5-11H,1-4H3. The zero-order chi connectivity index (χ0) is 20.4. The molecule has 0 radical (unpaired) electrons. The number of hydrogen-bond acceptors (Lipinski definition) is 8. The molecule has 0 atom stereocenters. The molecule has 8 nitrogen and oxygen atoms in total. The van der Waals surface area contributed by atoms with Gasteiger partial charge in [0.15, 0.2) is 11.5 Å². The van der Waals surface area contributed by atoms with Gasteiger partial charge >= 0.3 is 0 Å². The smallest absolute Gasteiger partial charge is 0.266 e. The minimum absolute atomic E-state index is 0.293. The lowest BCUT2D eigenvalue weighted by Gasteiger charge is -2.12. The molecule has 0 saturated carbocycles. The first kappa shape index (κ1) is 18.5. The average molecular weight is 393 g/mol. The van der Waals surface area contributed by atoms with Crippen molar-refractivity contribution in [1.29, 1.82) is 0 Å². The molecule has 0 N–H and O–H groups in total. The van der Waals surface area contributed by atoms with Gasteiger partial charge in [-0.05, 0) is 24.3 Å². The minimum atomic E-state index is 0.293. The lowest BCUT2D eigenvalue weighted by atomic mass is 10.2. The molecule has 0 spiro atoms. The van der Waals surface area contributed by atoms with E-state index in [1.54, 1.807) is 40.6 Å². The quantitative estimate of drug-likeness (QED) is 0.486. The van der Waals surface area contributed by atoms with E-state index in [2.05, 4.69) is 15.2 Å². The molecule has 8 heteroatoms. The molecule has 0 aliphatic rings. The molecule has 4 rings (SSSR count). The second-order valence-electron chi connectivity index (χ2n) is 6.05. The Labute approximate surface area is 167 Å². The van der Waals surface area contributed by atoms with Crippen molar-refractivity contribution in [3.8, 4) is 46.0 Å². The van der Waals surface area contributed by atoms with Crippen molar-refractivity contribution in [3.63, 3.8) is 0 Å². The third-order valence-corrected chi connectivity index (χ3v) is 4.46. The predicted molar refractivity (Wildman–Crippen MR) is 107 cm³/mol. The number of fused-ring (bicyclic) bond motifs is 1. The van der Waals surface area contributed by atoms with E-state index in [1.165, 1.54) is 0 Å². The van der Waals surface area contributed by atoms with Gasteiger partial charge in [-0.2, -0.15) is 0 Å². The van der Waals surface area contributed by atoms with Gasteiger partial charge in [-0.25, -0.2) is 4.98 Å². The maximum absolute atomic E-state index is 5.87. The highest BCUT2D eigenvalue weighted by Gasteiger charge is 2.18. The predicted octanol–water partition coefficient (Wildman–Crippen LogP) is 3.99. The van der Waals surface area contributed by atoms with Crippen LogP contribution in [0.3, 0.4) is 0 Å². The van der Waals surface area contributed by atoms with Crippen molar-refractivity contribution >= 4 is 10.9 Å². The summed E-state index contributed by atoms with van der Waals surface area (Å²) in [5.74, 6) is 2.75. The molecule has 2 aromatic carbocycles. The zero-order valence-corrected chi connectivity index (χ0v) is 16.4.